The highest BCUT2D eigenvalue weighted by Gasteiger charge is 1.91. The minimum absolute atomic E-state index is 0.132. The zero-order valence-corrected chi connectivity index (χ0v) is 4.87. The lowest BCUT2D eigenvalue weighted by atomic mass is 10.2. The molecule has 0 unspecified atom stereocenters. The summed E-state index contributed by atoms with van der Waals surface area (Å²) >= 11 is 0. The average Bonchev–Trinajstić information content (AvgIpc) is 2.15. The van der Waals surface area contributed by atoms with Crippen molar-refractivity contribution in [2.24, 2.45) is 0 Å². The first-order chi connectivity index (χ1) is 4.29. The van der Waals surface area contributed by atoms with Crippen LogP contribution in [0.1, 0.15) is 5.56 Å². The van der Waals surface area contributed by atoms with Gasteiger partial charge in [-0.3, -0.25) is 4.79 Å². The van der Waals surface area contributed by atoms with Gasteiger partial charge in [0.1, 0.15) is 0 Å². The largest absolute Gasteiger partial charge is 0.482 e. The van der Waals surface area contributed by atoms with Gasteiger partial charge in [-0.2, -0.15) is 12.1 Å². The number of carboxylic acid groups (broad SMARTS) is 1. The fraction of sp³-hybridized carbons (Fsp3) is 0.143. The minimum atomic E-state index is -0.777. The Morgan fingerprint density at radius 1 is 1.44 bits per heavy atom. The number of carbonyl (C=O) groups is 1. The Bertz CT molecular complexity index is 187. The predicted octanol–water partition coefficient (Wildman–Crippen LogP) is 1.03. The Morgan fingerprint density at radius 2 is 2.00 bits per heavy atom. The molecule has 0 spiro atoms. The third-order valence-electron chi connectivity index (χ3n) is 1.09. The Hall–Kier alpha value is -1.18. The molecule has 1 aromatic carbocycles. The van der Waals surface area contributed by atoms with Crippen molar-refractivity contribution < 1.29 is 9.90 Å². The van der Waals surface area contributed by atoms with Gasteiger partial charge in [-0.05, 0) is 0 Å². The normalized spacial score (nSPS) is 9.33. The SMILES string of the molecule is O=C(O)C[c-]1cccc1. The molecule has 0 heterocycles. The van der Waals surface area contributed by atoms with Crippen LogP contribution < -0.4 is 0 Å². The molecular weight excluding hydrogens is 116 g/mol. The molecule has 0 aliphatic rings. The summed E-state index contributed by atoms with van der Waals surface area (Å²) in [5, 5.41) is 8.29. The van der Waals surface area contributed by atoms with Crippen molar-refractivity contribution in [3.05, 3.63) is 29.8 Å². The molecule has 1 N–H and O–H groups in total. The van der Waals surface area contributed by atoms with Gasteiger partial charge in [-0.1, -0.05) is 0 Å². The lowest BCUT2D eigenvalue weighted by Crippen LogP contribution is -1.97. The standard InChI is InChI=1S/C7H7O2/c8-7(9)5-6-3-1-2-4-6/h1-4H,5H2,(H,8,9)/q-1. The number of hydrogen-bond acceptors (Lipinski definition) is 1. The molecule has 0 atom stereocenters. The van der Waals surface area contributed by atoms with Gasteiger partial charge in [0, 0.05) is 6.42 Å². The van der Waals surface area contributed by atoms with Crippen molar-refractivity contribution in [1.82, 2.24) is 0 Å². The summed E-state index contributed by atoms with van der Waals surface area (Å²) in [5.74, 6) is -0.777. The number of aliphatic carboxylic acids is 1. The molecule has 0 aliphatic heterocycles. The second kappa shape index (κ2) is 2.40. The van der Waals surface area contributed by atoms with E-state index in [0.29, 0.717) is 0 Å². The van der Waals surface area contributed by atoms with Crippen molar-refractivity contribution in [2.45, 2.75) is 6.42 Å². The Kier molecular flexibility index (Phi) is 1.58. The van der Waals surface area contributed by atoms with Crippen LogP contribution in [0.5, 0.6) is 0 Å². The molecule has 9 heavy (non-hydrogen) atoms. The monoisotopic (exact) mass is 123 g/mol. The topological polar surface area (TPSA) is 37.3 Å². The van der Waals surface area contributed by atoms with Gasteiger partial charge in [0.05, 0.1) is 0 Å². The highest BCUT2D eigenvalue weighted by atomic mass is 16.4. The molecule has 0 aromatic heterocycles. The van der Waals surface area contributed by atoms with Crippen LogP contribution in [0.2, 0.25) is 0 Å². The maximum atomic E-state index is 10.1. The van der Waals surface area contributed by atoms with E-state index in [9.17, 15) is 4.79 Å². The summed E-state index contributed by atoms with van der Waals surface area (Å²) in [4.78, 5) is 10.1. The second-order valence-electron chi connectivity index (χ2n) is 1.86. The third-order valence-corrected chi connectivity index (χ3v) is 1.09. The molecule has 0 amide bonds. The summed E-state index contributed by atoms with van der Waals surface area (Å²) in [7, 11) is 0. The van der Waals surface area contributed by atoms with Gasteiger partial charge in [0.25, 0.3) is 5.97 Å². The quantitative estimate of drug-likeness (QED) is 0.596. The van der Waals surface area contributed by atoms with E-state index in [-0.39, 0.29) is 6.42 Å². The molecule has 0 fully saturated rings. The predicted molar refractivity (Wildman–Crippen MR) is 33.4 cm³/mol. The van der Waals surface area contributed by atoms with Gasteiger partial charge in [0.15, 0.2) is 0 Å². The Morgan fingerprint density at radius 3 is 2.44 bits per heavy atom. The van der Waals surface area contributed by atoms with Gasteiger partial charge >= 0.3 is 0 Å². The summed E-state index contributed by atoms with van der Waals surface area (Å²) in [6.45, 7) is 0. The zero-order chi connectivity index (χ0) is 6.69. The molecule has 2 heteroatoms. The summed E-state index contributed by atoms with van der Waals surface area (Å²) in [6, 6.07) is 7.26. The zero-order valence-electron chi connectivity index (χ0n) is 4.87. The summed E-state index contributed by atoms with van der Waals surface area (Å²) in [6.07, 6.45) is 0.132. The van der Waals surface area contributed by atoms with Crippen LogP contribution in [-0.2, 0) is 11.2 Å². The van der Waals surface area contributed by atoms with Crippen LogP contribution in [0.3, 0.4) is 0 Å². The van der Waals surface area contributed by atoms with E-state index in [1.165, 1.54) is 0 Å². The molecule has 0 saturated heterocycles. The fourth-order valence-corrected chi connectivity index (χ4v) is 0.706. The highest BCUT2D eigenvalue weighted by molar-refractivity contribution is 5.70. The maximum absolute atomic E-state index is 10.1. The van der Waals surface area contributed by atoms with Gasteiger partial charge in [0.2, 0.25) is 0 Å². The van der Waals surface area contributed by atoms with Crippen LogP contribution in [-0.4, -0.2) is 11.1 Å². The average molecular weight is 123 g/mol. The molecular formula is C7H7O2-. The van der Waals surface area contributed by atoms with Gasteiger partial charge in [-0.25, -0.2) is 12.1 Å². The minimum Gasteiger partial charge on any atom is -0.482 e. The Balaban J connectivity index is 2.58. The van der Waals surface area contributed by atoms with Crippen LogP contribution in [0.4, 0.5) is 0 Å². The van der Waals surface area contributed by atoms with Crippen molar-refractivity contribution in [1.29, 1.82) is 0 Å². The molecule has 1 rings (SSSR count). The fourth-order valence-electron chi connectivity index (χ4n) is 0.706. The third kappa shape index (κ3) is 1.64. The molecule has 1 aromatic rings. The number of rotatable bonds is 2. The highest BCUT2D eigenvalue weighted by Crippen LogP contribution is 1.99. The van der Waals surface area contributed by atoms with Gasteiger partial charge in [-0.15, -0.1) is 5.56 Å². The lowest BCUT2D eigenvalue weighted by molar-refractivity contribution is -0.136. The smallest absolute Gasteiger partial charge is 0.296 e. The van der Waals surface area contributed by atoms with Crippen LogP contribution in [0.15, 0.2) is 24.3 Å². The van der Waals surface area contributed by atoms with Crippen molar-refractivity contribution in [3.63, 3.8) is 0 Å². The summed E-state index contributed by atoms with van der Waals surface area (Å²) in [5.41, 5.74) is 0.863. The maximum Gasteiger partial charge on any atom is 0.296 e. The van der Waals surface area contributed by atoms with Crippen molar-refractivity contribution in [2.75, 3.05) is 0 Å². The van der Waals surface area contributed by atoms with Crippen LogP contribution >= 0.6 is 0 Å². The van der Waals surface area contributed by atoms with Crippen molar-refractivity contribution >= 4 is 5.97 Å². The molecule has 0 radical (unpaired) electrons. The van der Waals surface area contributed by atoms with E-state index in [1.807, 2.05) is 12.1 Å². The molecule has 48 valence electrons. The number of hydrogen-bond donors (Lipinski definition) is 1. The first-order valence-electron chi connectivity index (χ1n) is 2.71. The van der Waals surface area contributed by atoms with E-state index in [1.54, 1.807) is 12.1 Å². The van der Waals surface area contributed by atoms with E-state index >= 15 is 0 Å². The number of carboxylic acids is 1. The van der Waals surface area contributed by atoms with Gasteiger partial charge < -0.3 is 5.11 Å². The second-order valence-corrected chi connectivity index (χ2v) is 1.86. The van der Waals surface area contributed by atoms with E-state index in [0.717, 1.165) is 5.56 Å². The molecule has 2 nitrogen and oxygen atoms in total. The van der Waals surface area contributed by atoms with Crippen molar-refractivity contribution in [3.8, 4) is 0 Å². The van der Waals surface area contributed by atoms with E-state index < -0.39 is 5.97 Å². The van der Waals surface area contributed by atoms with E-state index in [4.69, 9.17) is 5.11 Å². The molecule has 0 saturated carbocycles. The van der Waals surface area contributed by atoms with Crippen LogP contribution in [0, 0.1) is 0 Å². The molecule has 0 aliphatic carbocycles. The Labute approximate surface area is 53.1 Å². The van der Waals surface area contributed by atoms with Crippen LogP contribution in [0.25, 0.3) is 0 Å². The summed E-state index contributed by atoms with van der Waals surface area (Å²) < 4.78 is 0. The lowest BCUT2D eigenvalue weighted by Gasteiger charge is -1.92. The molecule has 0 bridgehead atoms. The first kappa shape index (κ1) is 5.95. The first-order valence-corrected chi connectivity index (χ1v) is 2.71. The van der Waals surface area contributed by atoms with E-state index in [2.05, 4.69) is 0 Å².